The fraction of sp³-hybridized carbons (Fsp3) is 0.200. The van der Waals surface area contributed by atoms with Crippen LogP contribution in [0.15, 0.2) is 56.9 Å². The fourth-order valence-electron chi connectivity index (χ4n) is 3.16. The lowest BCUT2D eigenvalue weighted by Gasteiger charge is -2.10. The standard InChI is InChI=1S/C20H17BrFN5O2S/c1-2-9-26-18(29)13-5-3-4-6-16(13)27-19(26)24-25-20(27)30-11-17(28)23-15-8-7-12(21)10-14(15)22/h3-8,10H,2,9,11H2,1H3,(H,23,28). The average Bonchev–Trinajstić information content (AvgIpc) is 3.16. The number of aryl methyl sites for hydroxylation is 1. The van der Waals surface area contributed by atoms with Gasteiger partial charge in [0.2, 0.25) is 11.7 Å². The summed E-state index contributed by atoms with van der Waals surface area (Å²) in [5, 5.41) is 12.0. The predicted molar refractivity (Wildman–Crippen MR) is 118 cm³/mol. The number of nitrogens with one attached hydrogen (secondary N) is 1. The minimum absolute atomic E-state index is 0.0114. The number of fused-ring (bicyclic) bond motifs is 3. The normalized spacial score (nSPS) is 11.3. The van der Waals surface area contributed by atoms with Crippen molar-refractivity contribution < 1.29 is 9.18 Å². The molecule has 2 heterocycles. The Morgan fingerprint density at radius 1 is 1.23 bits per heavy atom. The molecule has 0 saturated carbocycles. The molecule has 0 fully saturated rings. The van der Waals surface area contributed by atoms with E-state index in [1.807, 2.05) is 25.1 Å². The second-order valence-electron chi connectivity index (χ2n) is 6.55. The van der Waals surface area contributed by atoms with Crippen LogP contribution in [0.3, 0.4) is 0 Å². The largest absolute Gasteiger partial charge is 0.323 e. The molecule has 2 aromatic carbocycles. The molecule has 1 amide bonds. The molecule has 154 valence electrons. The van der Waals surface area contributed by atoms with Crippen LogP contribution in [0, 0.1) is 5.82 Å². The van der Waals surface area contributed by atoms with Crippen molar-refractivity contribution in [1.29, 1.82) is 0 Å². The van der Waals surface area contributed by atoms with Gasteiger partial charge in [-0.1, -0.05) is 46.7 Å². The molecular weight excluding hydrogens is 473 g/mol. The van der Waals surface area contributed by atoms with Gasteiger partial charge in [-0.3, -0.25) is 18.6 Å². The number of benzene rings is 2. The first-order valence-corrected chi connectivity index (χ1v) is 11.0. The molecule has 0 atom stereocenters. The van der Waals surface area contributed by atoms with E-state index in [9.17, 15) is 14.0 Å². The van der Waals surface area contributed by atoms with E-state index in [1.54, 1.807) is 21.1 Å². The quantitative estimate of drug-likeness (QED) is 0.412. The number of rotatable bonds is 6. The molecule has 0 spiro atoms. The zero-order valence-electron chi connectivity index (χ0n) is 15.9. The highest BCUT2D eigenvalue weighted by molar-refractivity contribution is 9.10. The minimum atomic E-state index is -0.523. The van der Waals surface area contributed by atoms with Gasteiger partial charge < -0.3 is 5.32 Å². The van der Waals surface area contributed by atoms with Crippen LogP contribution in [0.1, 0.15) is 13.3 Å². The van der Waals surface area contributed by atoms with Crippen LogP contribution >= 0.6 is 27.7 Å². The van der Waals surface area contributed by atoms with Gasteiger partial charge in [0.25, 0.3) is 5.56 Å². The summed E-state index contributed by atoms with van der Waals surface area (Å²) in [4.78, 5) is 25.2. The third-order valence-electron chi connectivity index (χ3n) is 4.46. The Labute approximate surface area is 183 Å². The van der Waals surface area contributed by atoms with Gasteiger partial charge in [0.15, 0.2) is 5.16 Å². The lowest BCUT2D eigenvalue weighted by molar-refractivity contribution is -0.113. The molecule has 10 heteroatoms. The number of carbonyl (C=O) groups excluding carboxylic acids is 1. The number of anilines is 1. The van der Waals surface area contributed by atoms with Crippen LogP contribution in [0.4, 0.5) is 10.1 Å². The second kappa shape index (κ2) is 8.57. The molecule has 0 radical (unpaired) electrons. The number of carbonyl (C=O) groups is 1. The molecule has 0 aliphatic heterocycles. The number of thioether (sulfide) groups is 1. The number of halogens is 2. The molecular formula is C20H17BrFN5O2S. The van der Waals surface area contributed by atoms with Crippen molar-refractivity contribution in [2.45, 2.75) is 25.0 Å². The van der Waals surface area contributed by atoms with Crippen molar-refractivity contribution in [1.82, 2.24) is 19.2 Å². The summed E-state index contributed by atoms with van der Waals surface area (Å²) in [5.74, 6) is -0.450. The van der Waals surface area contributed by atoms with E-state index in [2.05, 4.69) is 31.4 Å². The molecule has 1 N–H and O–H groups in total. The lowest BCUT2D eigenvalue weighted by Crippen LogP contribution is -2.23. The molecule has 0 bridgehead atoms. The van der Waals surface area contributed by atoms with Crippen molar-refractivity contribution in [3.05, 3.63) is 63.1 Å². The van der Waals surface area contributed by atoms with Gasteiger partial charge in [-0.25, -0.2) is 4.39 Å². The van der Waals surface area contributed by atoms with Crippen molar-refractivity contribution in [3.63, 3.8) is 0 Å². The smallest absolute Gasteiger partial charge is 0.262 e. The molecule has 4 rings (SSSR count). The molecule has 4 aromatic rings. The fourth-order valence-corrected chi connectivity index (χ4v) is 4.23. The maximum atomic E-state index is 14.0. The molecule has 0 unspecified atom stereocenters. The number of hydrogen-bond acceptors (Lipinski definition) is 5. The third kappa shape index (κ3) is 3.84. The van der Waals surface area contributed by atoms with Crippen LogP contribution in [-0.4, -0.2) is 30.8 Å². The van der Waals surface area contributed by atoms with Gasteiger partial charge in [-0.05, 0) is 36.8 Å². The van der Waals surface area contributed by atoms with Gasteiger partial charge in [-0.15, -0.1) is 10.2 Å². The second-order valence-corrected chi connectivity index (χ2v) is 8.41. The van der Waals surface area contributed by atoms with Gasteiger partial charge >= 0.3 is 0 Å². The minimum Gasteiger partial charge on any atom is -0.323 e. The van der Waals surface area contributed by atoms with Crippen molar-refractivity contribution in [2.24, 2.45) is 0 Å². The van der Waals surface area contributed by atoms with Gasteiger partial charge in [0.1, 0.15) is 5.82 Å². The van der Waals surface area contributed by atoms with Crippen molar-refractivity contribution >= 4 is 56.0 Å². The Morgan fingerprint density at radius 2 is 2.03 bits per heavy atom. The van der Waals surface area contributed by atoms with Gasteiger partial charge in [0, 0.05) is 11.0 Å². The van der Waals surface area contributed by atoms with E-state index in [-0.39, 0.29) is 22.9 Å². The van der Waals surface area contributed by atoms with Crippen LogP contribution in [0.25, 0.3) is 16.7 Å². The molecule has 0 aliphatic rings. The highest BCUT2D eigenvalue weighted by atomic mass is 79.9. The van der Waals surface area contributed by atoms with Crippen LogP contribution in [-0.2, 0) is 11.3 Å². The van der Waals surface area contributed by atoms with E-state index in [4.69, 9.17) is 0 Å². The highest BCUT2D eigenvalue weighted by Gasteiger charge is 2.17. The molecule has 2 aromatic heterocycles. The van der Waals surface area contributed by atoms with Crippen LogP contribution < -0.4 is 10.9 Å². The molecule has 7 nitrogen and oxygen atoms in total. The van der Waals surface area contributed by atoms with E-state index in [0.29, 0.717) is 32.9 Å². The number of hydrogen-bond donors (Lipinski definition) is 1. The zero-order chi connectivity index (χ0) is 21.3. The number of nitrogens with zero attached hydrogens (tertiary/aromatic N) is 4. The Bertz CT molecular complexity index is 1320. The average molecular weight is 490 g/mol. The summed E-state index contributed by atoms with van der Waals surface area (Å²) in [6.45, 7) is 2.50. The van der Waals surface area contributed by atoms with Gasteiger partial charge in [0.05, 0.1) is 22.3 Å². The predicted octanol–water partition coefficient (Wildman–Crippen LogP) is 4.09. The summed E-state index contributed by atoms with van der Waals surface area (Å²) in [6.07, 6.45) is 0.768. The summed E-state index contributed by atoms with van der Waals surface area (Å²) in [7, 11) is 0. The summed E-state index contributed by atoms with van der Waals surface area (Å²) >= 11 is 4.36. The van der Waals surface area contributed by atoms with Gasteiger partial charge in [-0.2, -0.15) is 0 Å². The SMILES string of the molecule is CCCn1c(=O)c2ccccc2n2c(SCC(=O)Nc3ccc(Br)cc3F)nnc12. The van der Waals surface area contributed by atoms with Crippen molar-refractivity contribution in [2.75, 3.05) is 11.1 Å². The summed E-state index contributed by atoms with van der Waals surface area (Å²) in [6, 6.07) is 11.7. The molecule has 0 aliphatic carbocycles. The van der Waals surface area contributed by atoms with Crippen LogP contribution in [0.5, 0.6) is 0 Å². The summed E-state index contributed by atoms with van der Waals surface area (Å²) in [5.41, 5.74) is 0.668. The maximum absolute atomic E-state index is 14.0. The summed E-state index contributed by atoms with van der Waals surface area (Å²) < 4.78 is 17.9. The van der Waals surface area contributed by atoms with E-state index >= 15 is 0 Å². The van der Waals surface area contributed by atoms with E-state index in [1.165, 1.54) is 23.9 Å². The first-order valence-electron chi connectivity index (χ1n) is 9.24. The molecule has 0 saturated heterocycles. The number of para-hydroxylation sites is 1. The number of aromatic nitrogens is 4. The highest BCUT2D eigenvalue weighted by Crippen LogP contribution is 2.23. The Hall–Kier alpha value is -2.72. The Kier molecular flexibility index (Phi) is 5.87. The maximum Gasteiger partial charge on any atom is 0.262 e. The number of amides is 1. The topological polar surface area (TPSA) is 81.3 Å². The first kappa shape index (κ1) is 20.5. The van der Waals surface area contributed by atoms with Crippen LogP contribution in [0.2, 0.25) is 0 Å². The zero-order valence-corrected chi connectivity index (χ0v) is 18.3. The van der Waals surface area contributed by atoms with E-state index in [0.717, 1.165) is 6.42 Å². The molecule has 30 heavy (non-hydrogen) atoms. The van der Waals surface area contributed by atoms with Crippen molar-refractivity contribution in [3.8, 4) is 0 Å². The lowest BCUT2D eigenvalue weighted by atomic mass is 10.2. The first-order chi connectivity index (χ1) is 14.5. The Morgan fingerprint density at radius 3 is 2.80 bits per heavy atom. The third-order valence-corrected chi connectivity index (χ3v) is 5.89. The van der Waals surface area contributed by atoms with E-state index < -0.39 is 5.82 Å². The Balaban J connectivity index is 1.65. The monoisotopic (exact) mass is 489 g/mol.